The highest BCUT2D eigenvalue weighted by atomic mass is 32.1. The molecule has 1 aromatic heterocycles. The normalized spacial score (nSPS) is 14.9. The Balaban J connectivity index is 1.80. The van der Waals surface area contributed by atoms with Gasteiger partial charge in [-0.05, 0) is 36.3 Å². The number of carbonyl (C=O) groups is 1. The Hall–Kier alpha value is -4.83. The van der Waals surface area contributed by atoms with Gasteiger partial charge in [-0.25, -0.2) is 9.79 Å². The largest absolute Gasteiger partial charge is 0.497 e. The van der Waals surface area contributed by atoms with E-state index in [1.165, 1.54) is 16.7 Å². The number of nitrogens with zero attached hydrogens (tertiary/aromatic N) is 3. The van der Waals surface area contributed by atoms with E-state index in [0.717, 1.165) is 11.3 Å². The van der Waals surface area contributed by atoms with Crippen molar-refractivity contribution >= 4 is 34.8 Å². The number of benzene rings is 3. The Morgan fingerprint density at radius 2 is 1.85 bits per heavy atom. The van der Waals surface area contributed by atoms with Gasteiger partial charge in [0.05, 0.1) is 40.5 Å². The topological polar surface area (TPSA) is 113 Å². The van der Waals surface area contributed by atoms with Crippen molar-refractivity contribution in [1.82, 2.24) is 4.57 Å². The van der Waals surface area contributed by atoms with Gasteiger partial charge in [-0.1, -0.05) is 65.9 Å². The van der Waals surface area contributed by atoms with Gasteiger partial charge < -0.3 is 9.47 Å². The number of carbonyl (C=O) groups excluding carboxylic acids is 1. The van der Waals surface area contributed by atoms with E-state index in [9.17, 15) is 19.7 Å². The van der Waals surface area contributed by atoms with Crippen molar-refractivity contribution in [3.8, 4) is 5.75 Å². The van der Waals surface area contributed by atoms with E-state index in [-0.39, 0.29) is 23.4 Å². The standard InChI is InChI=1S/C29H23N3O6S/c1-3-38-28(34)24-25(19-9-5-4-6-10-19)30-29-31(26(24)20-12-14-22(37-2)15-13-20)27(33)23(39-29)17-18-8-7-11-21(16-18)32(35)36/h4-17,26H,3H2,1-2H3/b23-17-. The zero-order valence-electron chi connectivity index (χ0n) is 21.1. The lowest BCUT2D eigenvalue weighted by molar-refractivity contribution is -0.384. The van der Waals surface area contributed by atoms with Crippen LogP contribution in [-0.2, 0) is 9.53 Å². The van der Waals surface area contributed by atoms with Crippen LogP contribution in [-0.4, -0.2) is 29.2 Å². The Kier molecular flexibility index (Phi) is 7.20. The van der Waals surface area contributed by atoms with E-state index in [1.54, 1.807) is 56.5 Å². The molecule has 39 heavy (non-hydrogen) atoms. The smallest absolute Gasteiger partial charge is 0.338 e. The SMILES string of the molecule is CCOC(=O)C1=C(c2ccccc2)N=c2s/c(=C\c3cccc([N+](=O)[O-])c3)c(=O)n2C1c1ccc(OC)cc1. The van der Waals surface area contributed by atoms with Gasteiger partial charge in [0.25, 0.3) is 11.2 Å². The number of nitro groups is 1. The summed E-state index contributed by atoms with van der Waals surface area (Å²) in [5.74, 6) is 0.0515. The molecule has 0 amide bonds. The molecule has 1 atom stereocenters. The lowest BCUT2D eigenvalue weighted by Gasteiger charge is -2.26. The second kappa shape index (κ2) is 10.9. The molecule has 0 saturated carbocycles. The number of fused-ring (bicyclic) bond motifs is 1. The molecule has 1 unspecified atom stereocenters. The van der Waals surface area contributed by atoms with Crippen LogP contribution in [0.5, 0.6) is 5.75 Å². The molecule has 0 N–H and O–H groups in total. The molecule has 196 valence electrons. The molecule has 0 spiro atoms. The molecule has 0 bridgehead atoms. The van der Waals surface area contributed by atoms with E-state index >= 15 is 0 Å². The number of rotatable bonds is 7. The molecule has 0 aliphatic carbocycles. The van der Waals surface area contributed by atoms with Gasteiger partial charge in [-0.3, -0.25) is 19.5 Å². The van der Waals surface area contributed by atoms with Gasteiger partial charge in [0, 0.05) is 17.7 Å². The number of aromatic nitrogens is 1. The first-order chi connectivity index (χ1) is 18.9. The predicted molar refractivity (Wildman–Crippen MR) is 147 cm³/mol. The maximum Gasteiger partial charge on any atom is 0.338 e. The molecular formula is C29H23N3O6S. The molecule has 1 aliphatic heterocycles. The maximum absolute atomic E-state index is 13.9. The fraction of sp³-hybridized carbons (Fsp3) is 0.138. The number of hydrogen-bond donors (Lipinski definition) is 0. The van der Waals surface area contributed by atoms with E-state index in [1.807, 2.05) is 30.3 Å². The van der Waals surface area contributed by atoms with E-state index in [0.29, 0.717) is 37.5 Å². The summed E-state index contributed by atoms with van der Waals surface area (Å²) in [4.78, 5) is 43.3. The number of ether oxygens (including phenoxy) is 2. The van der Waals surface area contributed by atoms with Crippen molar-refractivity contribution in [2.75, 3.05) is 13.7 Å². The summed E-state index contributed by atoms with van der Waals surface area (Å²) in [6, 6.07) is 21.6. The van der Waals surface area contributed by atoms with Crippen molar-refractivity contribution in [3.63, 3.8) is 0 Å². The highest BCUT2D eigenvalue weighted by Crippen LogP contribution is 2.35. The molecule has 1 aliphatic rings. The molecule has 0 radical (unpaired) electrons. The first-order valence-corrected chi connectivity index (χ1v) is 12.9. The van der Waals surface area contributed by atoms with Gasteiger partial charge in [-0.15, -0.1) is 0 Å². The molecule has 0 fully saturated rings. The number of esters is 1. The first kappa shape index (κ1) is 25.8. The summed E-state index contributed by atoms with van der Waals surface area (Å²) in [6.45, 7) is 1.87. The van der Waals surface area contributed by atoms with E-state index in [4.69, 9.17) is 14.5 Å². The maximum atomic E-state index is 13.9. The molecule has 0 saturated heterocycles. The summed E-state index contributed by atoms with van der Waals surface area (Å²) in [5, 5.41) is 11.3. The van der Waals surface area contributed by atoms with Crippen LogP contribution in [0.2, 0.25) is 0 Å². The van der Waals surface area contributed by atoms with E-state index < -0.39 is 16.9 Å². The van der Waals surface area contributed by atoms with Crippen LogP contribution in [0.4, 0.5) is 5.69 Å². The van der Waals surface area contributed by atoms with Crippen molar-refractivity contribution in [2.24, 2.45) is 4.99 Å². The molecule has 9 nitrogen and oxygen atoms in total. The third-order valence-corrected chi connectivity index (χ3v) is 7.17. The number of non-ortho nitro benzene ring substituents is 1. The Morgan fingerprint density at radius 1 is 1.10 bits per heavy atom. The second-order valence-electron chi connectivity index (χ2n) is 8.56. The molecule has 2 heterocycles. The molecule has 3 aromatic carbocycles. The lowest BCUT2D eigenvalue weighted by atomic mass is 9.93. The van der Waals surface area contributed by atoms with Crippen LogP contribution in [0.1, 0.15) is 29.7 Å². The van der Waals surface area contributed by atoms with Crippen molar-refractivity contribution in [1.29, 1.82) is 0 Å². The van der Waals surface area contributed by atoms with Crippen molar-refractivity contribution < 1.29 is 19.2 Å². The quantitative estimate of drug-likeness (QED) is 0.200. The molecule has 10 heteroatoms. The Morgan fingerprint density at radius 3 is 2.51 bits per heavy atom. The minimum absolute atomic E-state index is 0.0800. The Bertz CT molecular complexity index is 1770. The van der Waals surface area contributed by atoms with Gasteiger partial charge >= 0.3 is 5.97 Å². The number of nitro benzene ring substituents is 1. The fourth-order valence-electron chi connectivity index (χ4n) is 4.42. The second-order valence-corrected chi connectivity index (χ2v) is 9.57. The highest BCUT2D eigenvalue weighted by Gasteiger charge is 2.35. The van der Waals surface area contributed by atoms with Crippen molar-refractivity contribution in [2.45, 2.75) is 13.0 Å². The summed E-state index contributed by atoms with van der Waals surface area (Å²) >= 11 is 1.15. The average molecular weight is 542 g/mol. The monoisotopic (exact) mass is 541 g/mol. The first-order valence-electron chi connectivity index (χ1n) is 12.1. The average Bonchev–Trinajstić information content (AvgIpc) is 3.27. The lowest BCUT2D eigenvalue weighted by Crippen LogP contribution is -2.40. The van der Waals surface area contributed by atoms with Crippen LogP contribution in [0.25, 0.3) is 11.8 Å². The van der Waals surface area contributed by atoms with E-state index in [2.05, 4.69) is 0 Å². The zero-order chi connectivity index (χ0) is 27.5. The van der Waals surface area contributed by atoms with Crippen molar-refractivity contribution in [3.05, 3.63) is 131 Å². The summed E-state index contributed by atoms with van der Waals surface area (Å²) in [5.41, 5.74) is 2.08. The molecular weight excluding hydrogens is 518 g/mol. The zero-order valence-corrected chi connectivity index (χ0v) is 21.9. The minimum Gasteiger partial charge on any atom is -0.497 e. The van der Waals surface area contributed by atoms with Gasteiger partial charge in [-0.2, -0.15) is 0 Å². The Labute approximate surface area is 226 Å². The predicted octanol–water partition coefficient (Wildman–Crippen LogP) is 3.85. The van der Waals surface area contributed by atoms with Gasteiger partial charge in [0.2, 0.25) is 0 Å². The highest BCUT2D eigenvalue weighted by molar-refractivity contribution is 7.07. The summed E-state index contributed by atoms with van der Waals surface area (Å²) in [7, 11) is 1.56. The van der Waals surface area contributed by atoms with Crippen LogP contribution >= 0.6 is 11.3 Å². The fourth-order valence-corrected chi connectivity index (χ4v) is 5.42. The summed E-state index contributed by atoms with van der Waals surface area (Å²) in [6.07, 6.45) is 1.60. The molecule has 4 aromatic rings. The van der Waals surface area contributed by atoms with Crippen LogP contribution in [0.3, 0.4) is 0 Å². The number of thiazole rings is 1. The van der Waals surface area contributed by atoms with Crippen LogP contribution < -0.4 is 19.6 Å². The minimum atomic E-state index is -0.825. The third kappa shape index (κ3) is 5.01. The third-order valence-electron chi connectivity index (χ3n) is 6.18. The van der Waals surface area contributed by atoms with Gasteiger partial charge in [0.1, 0.15) is 5.75 Å². The molecule has 5 rings (SSSR count). The number of hydrogen-bond acceptors (Lipinski definition) is 8. The number of methoxy groups -OCH3 is 1. The van der Waals surface area contributed by atoms with Crippen LogP contribution in [0.15, 0.2) is 94.2 Å². The summed E-state index contributed by atoms with van der Waals surface area (Å²) < 4.78 is 12.6. The van der Waals surface area contributed by atoms with Crippen LogP contribution in [0, 0.1) is 10.1 Å². The van der Waals surface area contributed by atoms with Gasteiger partial charge in [0.15, 0.2) is 4.80 Å².